The molecular weight excluding hydrogens is 173 g/mol. The molecule has 3 nitrogen and oxygen atoms in total. The molecule has 1 aliphatic heterocycles. The lowest BCUT2D eigenvalue weighted by Gasteiger charge is -2.01. The van der Waals surface area contributed by atoms with E-state index in [9.17, 15) is 9.18 Å². The van der Waals surface area contributed by atoms with Gasteiger partial charge in [-0.15, -0.1) is 0 Å². The van der Waals surface area contributed by atoms with Crippen LogP contribution in [0.3, 0.4) is 0 Å². The van der Waals surface area contributed by atoms with Crippen molar-refractivity contribution >= 4 is 5.78 Å². The first-order valence-corrected chi connectivity index (χ1v) is 4.01. The second kappa shape index (κ2) is 2.80. The number of ether oxygens (including phenoxy) is 1. The van der Waals surface area contributed by atoms with Crippen LogP contribution >= 0.6 is 0 Å². The molecule has 0 saturated heterocycles. The standard InChI is InChI=1S/C9H8FNO2/c1-5(12)8-7(10)4-6-2-3-13-9(6)11-8/h4H,2-3H2,1H3. The molecule has 0 radical (unpaired) electrons. The number of hydrogen-bond donors (Lipinski definition) is 0. The Hall–Kier alpha value is -1.45. The lowest BCUT2D eigenvalue weighted by Crippen LogP contribution is -2.02. The summed E-state index contributed by atoms with van der Waals surface area (Å²) < 4.78 is 18.3. The Bertz CT molecular complexity index is 376. The average molecular weight is 181 g/mol. The summed E-state index contributed by atoms with van der Waals surface area (Å²) >= 11 is 0. The van der Waals surface area contributed by atoms with Gasteiger partial charge < -0.3 is 4.74 Å². The number of rotatable bonds is 1. The van der Waals surface area contributed by atoms with Crippen LogP contribution < -0.4 is 4.74 Å². The Balaban J connectivity index is 2.55. The van der Waals surface area contributed by atoms with Crippen LogP contribution in [0.2, 0.25) is 0 Å². The van der Waals surface area contributed by atoms with Crippen molar-refractivity contribution in [2.45, 2.75) is 13.3 Å². The van der Waals surface area contributed by atoms with Gasteiger partial charge in [-0.3, -0.25) is 4.79 Å². The number of carbonyl (C=O) groups excluding carboxylic acids is 1. The smallest absolute Gasteiger partial charge is 0.217 e. The fourth-order valence-electron chi connectivity index (χ4n) is 1.32. The Kier molecular flexibility index (Phi) is 1.76. The van der Waals surface area contributed by atoms with E-state index in [1.165, 1.54) is 13.0 Å². The third kappa shape index (κ3) is 1.28. The number of Topliss-reactive ketones (excluding diaryl/α,β-unsaturated/α-hetero) is 1. The van der Waals surface area contributed by atoms with E-state index in [4.69, 9.17) is 4.74 Å². The zero-order valence-electron chi connectivity index (χ0n) is 7.13. The fraction of sp³-hybridized carbons (Fsp3) is 0.333. The van der Waals surface area contributed by atoms with E-state index in [-0.39, 0.29) is 11.5 Å². The molecule has 0 fully saturated rings. The molecule has 0 amide bonds. The highest BCUT2D eigenvalue weighted by atomic mass is 19.1. The van der Waals surface area contributed by atoms with Crippen molar-refractivity contribution < 1.29 is 13.9 Å². The zero-order chi connectivity index (χ0) is 9.42. The first-order chi connectivity index (χ1) is 6.18. The topological polar surface area (TPSA) is 39.2 Å². The Morgan fingerprint density at radius 3 is 3.15 bits per heavy atom. The molecule has 68 valence electrons. The lowest BCUT2D eigenvalue weighted by atomic mass is 10.2. The molecule has 1 aromatic heterocycles. The van der Waals surface area contributed by atoms with Crippen molar-refractivity contribution in [1.29, 1.82) is 0 Å². The van der Waals surface area contributed by atoms with Crippen LogP contribution in [0.1, 0.15) is 23.0 Å². The van der Waals surface area contributed by atoms with Gasteiger partial charge in [0, 0.05) is 18.9 Å². The van der Waals surface area contributed by atoms with Gasteiger partial charge in [0.25, 0.3) is 0 Å². The summed E-state index contributed by atoms with van der Waals surface area (Å²) in [7, 11) is 0. The summed E-state index contributed by atoms with van der Waals surface area (Å²) in [5, 5.41) is 0. The second-order valence-corrected chi connectivity index (χ2v) is 2.94. The molecule has 2 rings (SSSR count). The molecule has 0 N–H and O–H groups in total. The first kappa shape index (κ1) is 8.16. The van der Waals surface area contributed by atoms with Crippen molar-refractivity contribution in [3.63, 3.8) is 0 Å². The van der Waals surface area contributed by atoms with E-state index in [1.54, 1.807) is 0 Å². The van der Waals surface area contributed by atoms with Crippen LogP contribution in [0.4, 0.5) is 4.39 Å². The van der Waals surface area contributed by atoms with E-state index < -0.39 is 5.82 Å². The van der Waals surface area contributed by atoms with Crippen LogP contribution in [0.25, 0.3) is 0 Å². The monoisotopic (exact) mass is 181 g/mol. The van der Waals surface area contributed by atoms with Gasteiger partial charge in [0.2, 0.25) is 5.88 Å². The van der Waals surface area contributed by atoms with Gasteiger partial charge in [-0.2, -0.15) is 0 Å². The number of hydrogen-bond acceptors (Lipinski definition) is 3. The van der Waals surface area contributed by atoms with Crippen molar-refractivity contribution in [2.24, 2.45) is 0 Å². The second-order valence-electron chi connectivity index (χ2n) is 2.94. The van der Waals surface area contributed by atoms with Gasteiger partial charge in [0.05, 0.1) is 6.61 Å². The average Bonchev–Trinajstić information content (AvgIpc) is 2.48. The molecule has 0 atom stereocenters. The molecule has 0 saturated carbocycles. The number of fused-ring (bicyclic) bond motifs is 1. The van der Waals surface area contributed by atoms with E-state index >= 15 is 0 Å². The van der Waals surface area contributed by atoms with Crippen molar-refractivity contribution in [2.75, 3.05) is 6.61 Å². The summed E-state index contributed by atoms with van der Waals surface area (Å²) in [6.07, 6.45) is 0.664. The largest absolute Gasteiger partial charge is 0.477 e. The number of aromatic nitrogens is 1. The maximum atomic E-state index is 13.2. The van der Waals surface area contributed by atoms with Gasteiger partial charge in [0.1, 0.15) is 5.69 Å². The quantitative estimate of drug-likeness (QED) is 0.614. The highest BCUT2D eigenvalue weighted by Gasteiger charge is 2.19. The molecule has 0 spiro atoms. The minimum absolute atomic E-state index is 0.138. The molecule has 1 aromatic rings. The van der Waals surface area contributed by atoms with E-state index in [2.05, 4.69) is 4.98 Å². The highest BCUT2D eigenvalue weighted by Crippen LogP contribution is 2.24. The third-order valence-electron chi connectivity index (χ3n) is 1.96. The van der Waals surface area contributed by atoms with Crippen molar-refractivity contribution in [1.82, 2.24) is 4.98 Å². The lowest BCUT2D eigenvalue weighted by molar-refractivity contribution is 0.100. The predicted octanol–water partition coefficient (Wildman–Crippen LogP) is 1.36. The van der Waals surface area contributed by atoms with Gasteiger partial charge in [-0.1, -0.05) is 0 Å². The molecule has 13 heavy (non-hydrogen) atoms. The molecule has 0 aromatic carbocycles. The van der Waals surface area contributed by atoms with E-state index in [0.29, 0.717) is 18.9 Å². The summed E-state index contributed by atoms with van der Waals surface area (Å²) in [6, 6.07) is 1.33. The summed E-state index contributed by atoms with van der Waals surface area (Å²) in [5.41, 5.74) is 0.600. The van der Waals surface area contributed by atoms with Crippen LogP contribution in [-0.2, 0) is 6.42 Å². The highest BCUT2D eigenvalue weighted by molar-refractivity contribution is 5.92. The molecular formula is C9H8FNO2. The van der Waals surface area contributed by atoms with Gasteiger partial charge in [-0.05, 0) is 6.07 Å². The van der Waals surface area contributed by atoms with Gasteiger partial charge in [0.15, 0.2) is 11.6 Å². The van der Waals surface area contributed by atoms with E-state index in [1.807, 2.05) is 0 Å². The normalized spacial score (nSPS) is 13.7. The fourth-order valence-corrected chi connectivity index (χ4v) is 1.32. The SMILES string of the molecule is CC(=O)c1nc2c(cc1F)CCO2. The third-order valence-corrected chi connectivity index (χ3v) is 1.96. The maximum absolute atomic E-state index is 13.2. The molecule has 1 aliphatic rings. The van der Waals surface area contributed by atoms with Crippen molar-refractivity contribution in [3.8, 4) is 5.88 Å². The minimum Gasteiger partial charge on any atom is -0.477 e. The Labute approximate surface area is 74.5 Å². The number of ketones is 1. The maximum Gasteiger partial charge on any atom is 0.217 e. The van der Waals surface area contributed by atoms with Crippen LogP contribution in [0.15, 0.2) is 6.07 Å². The Morgan fingerprint density at radius 1 is 1.69 bits per heavy atom. The van der Waals surface area contributed by atoms with Gasteiger partial charge >= 0.3 is 0 Å². The molecule has 2 heterocycles. The van der Waals surface area contributed by atoms with Crippen LogP contribution in [-0.4, -0.2) is 17.4 Å². The van der Waals surface area contributed by atoms with Gasteiger partial charge in [-0.25, -0.2) is 9.37 Å². The van der Waals surface area contributed by atoms with E-state index in [0.717, 1.165) is 5.56 Å². The predicted molar refractivity (Wildman–Crippen MR) is 43.4 cm³/mol. The zero-order valence-corrected chi connectivity index (χ0v) is 7.13. The Morgan fingerprint density at radius 2 is 2.46 bits per heavy atom. The minimum atomic E-state index is -0.559. The molecule has 0 bridgehead atoms. The number of nitrogens with zero attached hydrogens (tertiary/aromatic N) is 1. The summed E-state index contributed by atoms with van der Waals surface area (Å²) in [5.74, 6) is -0.542. The summed E-state index contributed by atoms with van der Waals surface area (Å²) in [4.78, 5) is 14.7. The summed E-state index contributed by atoms with van der Waals surface area (Å²) in [6.45, 7) is 1.80. The molecule has 4 heteroatoms. The van der Waals surface area contributed by atoms with Crippen LogP contribution in [0.5, 0.6) is 5.88 Å². The number of halogens is 1. The number of pyridine rings is 1. The first-order valence-electron chi connectivity index (χ1n) is 4.01. The molecule has 0 aliphatic carbocycles. The van der Waals surface area contributed by atoms with Crippen molar-refractivity contribution in [3.05, 3.63) is 23.1 Å². The van der Waals surface area contributed by atoms with Crippen LogP contribution in [0, 0.1) is 5.82 Å². The number of carbonyl (C=O) groups is 1. The molecule has 0 unspecified atom stereocenters.